The van der Waals surface area contributed by atoms with Crippen LogP contribution in [0.3, 0.4) is 0 Å². The van der Waals surface area contributed by atoms with E-state index >= 15 is 0 Å². The molecule has 2 aliphatic heterocycles. The number of nitrogens with zero attached hydrogens (tertiary/aromatic N) is 3. The molecule has 25 heavy (non-hydrogen) atoms. The summed E-state index contributed by atoms with van der Waals surface area (Å²) in [5.41, 5.74) is 0.912. The molecular formula is C17H17FN4O3. The summed E-state index contributed by atoms with van der Waals surface area (Å²) in [6.07, 6.45) is 1.56. The number of benzene rings is 1. The van der Waals surface area contributed by atoms with Crippen molar-refractivity contribution in [1.82, 2.24) is 9.97 Å². The molecule has 7 nitrogen and oxygen atoms in total. The van der Waals surface area contributed by atoms with Crippen molar-refractivity contribution in [2.45, 2.75) is 19.1 Å². The smallest absolute Gasteiger partial charge is 0.263 e. The minimum absolute atomic E-state index is 0.00201. The van der Waals surface area contributed by atoms with Crippen LogP contribution >= 0.6 is 0 Å². The Balaban J connectivity index is 1.68. The molecule has 2 aliphatic rings. The van der Waals surface area contributed by atoms with Crippen molar-refractivity contribution in [3.8, 4) is 5.75 Å². The summed E-state index contributed by atoms with van der Waals surface area (Å²) in [7, 11) is 0. The van der Waals surface area contributed by atoms with Gasteiger partial charge in [0.2, 0.25) is 5.95 Å². The zero-order valence-electron chi connectivity index (χ0n) is 13.6. The summed E-state index contributed by atoms with van der Waals surface area (Å²) in [6, 6.07) is 6.17. The van der Waals surface area contributed by atoms with Crippen molar-refractivity contribution in [1.29, 1.82) is 0 Å². The van der Waals surface area contributed by atoms with Gasteiger partial charge in [-0.3, -0.25) is 4.79 Å². The lowest BCUT2D eigenvalue weighted by atomic mass is 10.0. The molecule has 130 valence electrons. The van der Waals surface area contributed by atoms with Crippen LogP contribution in [0.2, 0.25) is 0 Å². The summed E-state index contributed by atoms with van der Waals surface area (Å²) in [5, 5.41) is 2.69. The first-order chi connectivity index (χ1) is 12.1. The van der Waals surface area contributed by atoms with Gasteiger partial charge in [0.05, 0.1) is 24.9 Å². The number of amides is 1. The Labute approximate surface area is 143 Å². The zero-order chi connectivity index (χ0) is 17.4. The molecule has 0 unspecified atom stereocenters. The lowest BCUT2D eigenvalue weighted by molar-refractivity contribution is -0.118. The van der Waals surface area contributed by atoms with Crippen molar-refractivity contribution in [3.05, 3.63) is 41.8 Å². The van der Waals surface area contributed by atoms with Gasteiger partial charge >= 0.3 is 0 Å². The molecule has 0 saturated carbocycles. The fraction of sp³-hybridized carbons (Fsp3) is 0.353. The predicted molar refractivity (Wildman–Crippen MR) is 88.1 cm³/mol. The molecule has 2 atom stereocenters. The van der Waals surface area contributed by atoms with Crippen LogP contribution in [0.4, 0.5) is 16.2 Å². The highest BCUT2D eigenvalue weighted by Gasteiger charge is 2.31. The van der Waals surface area contributed by atoms with Crippen molar-refractivity contribution < 1.29 is 18.7 Å². The van der Waals surface area contributed by atoms with E-state index in [4.69, 9.17) is 9.47 Å². The van der Waals surface area contributed by atoms with Gasteiger partial charge in [0, 0.05) is 6.54 Å². The standard InChI is InChI=1S/C17H17FN4O3/c1-10-7-22(13(8-24-10)11-2-4-12(18)5-3-11)17-19-6-14-16(21-17)20-15(23)9-25-14/h2-6,10,13H,7-9H2,1H3,(H,19,20,21,23)/t10-,13+/m1/s1. The van der Waals surface area contributed by atoms with Gasteiger partial charge in [-0.05, 0) is 24.6 Å². The van der Waals surface area contributed by atoms with Gasteiger partial charge in [-0.2, -0.15) is 4.98 Å². The minimum atomic E-state index is -0.287. The number of carbonyl (C=O) groups excluding carboxylic acids is 1. The van der Waals surface area contributed by atoms with Gasteiger partial charge in [0.25, 0.3) is 5.91 Å². The SMILES string of the molecule is C[C@@H]1CN(c2ncc3c(n2)NC(=O)CO3)[C@H](c2ccc(F)cc2)CO1. The highest BCUT2D eigenvalue weighted by Crippen LogP contribution is 2.32. The van der Waals surface area contributed by atoms with Crippen LogP contribution in [-0.4, -0.2) is 41.7 Å². The highest BCUT2D eigenvalue weighted by atomic mass is 19.1. The molecule has 3 heterocycles. The van der Waals surface area contributed by atoms with Gasteiger partial charge in [0.15, 0.2) is 18.2 Å². The summed E-state index contributed by atoms with van der Waals surface area (Å²) in [4.78, 5) is 22.3. The molecule has 2 aromatic rings. The van der Waals surface area contributed by atoms with E-state index in [0.29, 0.717) is 30.7 Å². The van der Waals surface area contributed by atoms with Gasteiger partial charge < -0.3 is 19.7 Å². The maximum absolute atomic E-state index is 13.2. The Bertz CT molecular complexity index is 799. The quantitative estimate of drug-likeness (QED) is 0.897. The molecule has 0 radical (unpaired) electrons. The molecule has 1 aromatic heterocycles. The minimum Gasteiger partial charge on any atom is -0.478 e. The molecule has 1 N–H and O–H groups in total. The van der Waals surface area contributed by atoms with Gasteiger partial charge in [0.1, 0.15) is 5.82 Å². The first-order valence-corrected chi connectivity index (χ1v) is 8.03. The number of carbonyl (C=O) groups is 1. The number of aromatic nitrogens is 2. The molecule has 0 spiro atoms. The number of anilines is 2. The van der Waals surface area contributed by atoms with E-state index in [1.165, 1.54) is 12.1 Å². The fourth-order valence-corrected chi connectivity index (χ4v) is 2.99. The Morgan fingerprint density at radius 1 is 1.32 bits per heavy atom. The predicted octanol–water partition coefficient (Wildman–Crippen LogP) is 1.91. The Morgan fingerprint density at radius 2 is 2.12 bits per heavy atom. The average molecular weight is 344 g/mol. The van der Waals surface area contributed by atoms with Crippen LogP contribution < -0.4 is 15.0 Å². The van der Waals surface area contributed by atoms with Crippen molar-refractivity contribution in [2.75, 3.05) is 30.0 Å². The van der Waals surface area contributed by atoms with Crippen molar-refractivity contribution in [3.63, 3.8) is 0 Å². The molecule has 4 rings (SSSR count). The van der Waals surface area contributed by atoms with Gasteiger partial charge in [-0.25, -0.2) is 9.37 Å². The van der Waals surface area contributed by atoms with E-state index < -0.39 is 0 Å². The summed E-state index contributed by atoms with van der Waals surface area (Å²) >= 11 is 0. The molecule has 8 heteroatoms. The normalized spacial score (nSPS) is 22.8. The molecule has 0 aliphatic carbocycles. The van der Waals surface area contributed by atoms with Crippen LogP contribution in [-0.2, 0) is 9.53 Å². The molecule has 1 aromatic carbocycles. The third-order valence-corrected chi connectivity index (χ3v) is 4.24. The second-order valence-electron chi connectivity index (χ2n) is 6.08. The molecule has 1 saturated heterocycles. The van der Waals surface area contributed by atoms with E-state index in [-0.39, 0.29) is 30.5 Å². The number of halogens is 1. The Morgan fingerprint density at radius 3 is 2.92 bits per heavy atom. The first-order valence-electron chi connectivity index (χ1n) is 8.03. The summed E-state index contributed by atoms with van der Waals surface area (Å²) in [5.74, 6) is 0.739. The second kappa shape index (κ2) is 6.29. The second-order valence-corrected chi connectivity index (χ2v) is 6.08. The number of nitrogens with one attached hydrogen (secondary N) is 1. The van der Waals surface area contributed by atoms with Crippen LogP contribution in [0.15, 0.2) is 30.5 Å². The fourth-order valence-electron chi connectivity index (χ4n) is 2.99. The van der Waals surface area contributed by atoms with Gasteiger partial charge in [-0.1, -0.05) is 12.1 Å². The number of ether oxygens (including phenoxy) is 2. The molecule has 1 fully saturated rings. The largest absolute Gasteiger partial charge is 0.478 e. The molecule has 1 amide bonds. The number of morpholine rings is 1. The van der Waals surface area contributed by atoms with E-state index in [0.717, 1.165) is 5.56 Å². The third-order valence-electron chi connectivity index (χ3n) is 4.24. The summed E-state index contributed by atoms with van der Waals surface area (Å²) in [6.45, 7) is 2.95. The number of hydrogen-bond donors (Lipinski definition) is 1. The van der Waals surface area contributed by atoms with Crippen LogP contribution in [0.5, 0.6) is 5.75 Å². The summed E-state index contributed by atoms with van der Waals surface area (Å²) < 4.78 is 24.3. The Kier molecular flexibility index (Phi) is 3.96. The Hall–Kier alpha value is -2.74. The molecule has 0 bridgehead atoms. The lowest BCUT2D eigenvalue weighted by Crippen LogP contribution is -2.44. The van der Waals surface area contributed by atoms with Gasteiger partial charge in [-0.15, -0.1) is 0 Å². The van der Waals surface area contributed by atoms with Crippen LogP contribution in [0.25, 0.3) is 0 Å². The average Bonchev–Trinajstić information content (AvgIpc) is 2.62. The van der Waals surface area contributed by atoms with Crippen molar-refractivity contribution >= 4 is 17.7 Å². The van der Waals surface area contributed by atoms with Crippen molar-refractivity contribution in [2.24, 2.45) is 0 Å². The zero-order valence-corrected chi connectivity index (χ0v) is 13.6. The number of rotatable bonds is 2. The third kappa shape index (κ3) is 3.12. The number of hydrogen-bond acceptors (Lipinski definition) is 6. The van der Waals surface area contributed by atoms with E-state index in [9.17, 15) is 9.18 Å². The van der Waals surface area contributed by atoms with E-state index in [1.54, 1.807) is 18.3 Å². The topological polar surface area (TPSA) is 76.6 Å². The maximum Gasteiger partial charge on any atom is 0.263 e. The maximum atomic E-state index is 13.2. The van der Waals surface area contributed by atoms with Crippen LogP contribution in [0.1, 0.15) is 18.5 Å². The number of fused-ring (bicyclic) bond motifs is 1. The lowest BCUT2D eigenvalue weighted by Gasteiger charge is -2.39. The van der Waals surface area contributed by atoms with Crippen LogP contribution in [0, 0.1) is 5.82 Å². The monoisotopic (exact) mass is 344 g/mol. The van der Waals surface area contributed by atoms with E-state index in [1.807, 2.05) is 11.8 Å². The molecular weight excluding hydrogens is 327 g/mol. The highest BCUT2D eigenvalue weighted by molar-refractivity contribution is 5.94. The van der Waals surface area contributed by atoms with E-state index in [2.05, 4.69) is 15.3 Å². The first kappa shape index (κ1) is 15.8.